The van der Waals surface area contributed by atoms with Crippen molar-refractivity contribution < 1.29 is 14.3 Å². The maximum atomic E-state index is 12.0. The number of methoxy groups -OCH3 is 1. The molecule has 0 aromatic heterocycles. The van der Waals surface area contributed by atoms with Crippen molar-refractivity contribution in [1.29, 1.82) is 0 Å². The standard InChI is InChI=1S/C14H17N3O3/c1-17-13(18)8-7-11(16-17)14(19)15-9-10-5-3-4-6-12(10)20-2/h3-6H,7-9H2,1-2H3,(H,15,19). The Kier molecular flexibility index (Phi) is 4.34. The maximum absolute atomic E-state index is 12.0. The van der Waals surface area contributed by atoms with Crippen LogP contribution in [0.1, 0.15) is 18.4 Å². The number of ether oxygens (including phenoxy) is 1. The van der Waals surface area contributed by atoms with Crippen LogP contribution in [-0.2, 0) is 16.1 Å². The molecule has 2 amide bonds. The van der Waals surface area contributed by atoms with Gasteiger partial charge < -0.3 is 10.1 Å². The number of amides is 2. The van der Waals surface area contributed by atoms with Gasteiger partial charge >= 0.3 is 0 Å². The molecule has 0 fully saturated rings. The van der Waals surface area contributed by atoms with Crippen LogP contribution < -0.4 is 10.1 Å². The van der Waals surface area contributed by atoms with E-state index in [-0.39, 0.29) is 11.8 Å². The summed E-state index contributed by atoms with van der Waals surface area (Å²) in [7, 11) is 3.14. The Hall–Kier alpha value is -2.37. The highest BCUT2D eigenvalue weighted by Crippen LogP contribution is 2.16. The molecule has 1 N–H and O–H groups in total. The molecule has 0 unspecified atom stereocenters. The summed E-state index contributed by atoms with van der Waals surface area (Å²) in [6.45, 7) is 0.361. The largest absolute Gasteiger partial charge is 0.496 e. The SMILES string of the molecule is COc1ccccc1CNC(=O)C1=NN(C)C(=O)CC1. The van der Waals surface area contributed by atoms with E-state index in [0.29, 0.717) is 25.1 Å². The van der Waals surface area contributed by atoms with Crippen molar-refractivity contribution in [3.63, 3.8) is 0 Å². The number of hydrogen-bond acceptors (Lipinski definition) is 4. The third-order valence-corrected chi connectivity index (χ3v) is 3.10. The average molecular weight is 275 g/mol. The maximum Gasteiger partial charge on any atom is 0.267 e. The van der Waals surface area contributed by atoms with Crippen molar-refractivity contribution >= 4 is 17.5 Å². The van der Waals surface area contributed by atoms with Gasteiger partial charge in [0.15, 0.2) is 0 Å². The summed E-state index contributed by atoms with van der Waals surface area (Å²) in [5.41, 5.74) is 1.27. The van der Waals surface area contributed by atoms with E-state index in [2.05, 4.69) is 10.4 Å². The molecule has 0 atom stereocenters. The molecule has 0 saturated carbocycles. The van der Waals surface area contributed by atoms with Crippen LogP contribution in [-0.4, -0.2) is 36.7 Å². The minimum absolute atomic E-state index is 0.0775. The Balaban J connectivity index is 1.99. The Morgan fingerprint density at radius 1 is 1.40 bits per heavy atom. The van der Waals surface area contributed by atoms with Crippen LogP contribution in [0, 0.1) is 0 Å². The van der Waals surface area contributed by atoms with Crippen molar-refractivity contribution in [3.05, 3.63) is 29.8 Å². The number of carbonyl (C=O) groups excluding carboxylic acids is 2. The van der Waals surface area contributed by atoms with Crippen molar-refractivity contribution in [3.8, 4) is 5.75 Å². The molecule has 1 aliphatic heterocycles. The molecule has 0 radical (unpaired) electrons. The number of carbonyl (C=O) groups is 2. The first-order valence-electron chi connectivity index (χ1n) is 6.36. The zero-order valence-electron chi connectivity index (χ0n) is 11.5. The summed E-state index contributed by atoms with van der Waals surface area (Å²) in [6, 6.07) is 7.48. The Morgan fingerprint density at radius 3 is 2.85 bits per heavy atom. The van der Waals surface area contributed by atoms with E-state index in [1.807, 2.05) is 24.3 Å². The van der Waals surface area contributed by atoms with E-state index in [4.69, 9.17) is 4.74 Å². The third kappa shape index (κ3) is 3.14. The van der Waals surface area contributed by atoms with Gasteiger partial charge in [-0.15, -0.1) is 0 Å². The molecule has 1 aromatic carbocycles. The fourth-order valence-corrected chi connectivity index (χ4v) is 1.96. The van der Waals surface area contributed by atoms with Crippen LogP contribution in [0.4, 0.5) is 0 Å². The average Bonchev–Trinajstić information content (AvgIpc) is 2.47. The van der Waals surface area contributed by atoms with Gasteiger partial charge in [0.2, 0.25) is 5.91 Å². The molecule has 6 nitrogen and oxygen atoms in total. The lowest BCUT2D eigenvalue weighted by atomic mass is 10.1. The predicted molar refractivity (Wildman–Crippen MR) is 74.3 cm³/mol. The van der Waals surface area contributed by atoms with Crippen LogP contribution in [0.25, 0.3) is 0 Å². The molecule has 6 heteroatoms. The van der Waals surface area contributed by atoms with Crippen LogP contribution in [0.2, 0.25) is 0 Å². The summed E-state index contributed by atoms with van der Waals surface area (Å²) in [4.78, 5) is 23.3. The van der Waals surface area contributed by atoms with Crippen LogP contribution in [0.15, 0.2) is 29.4 Å². The topological polar surface area (TPSA) is 71.0 Å². The van der Waals surface area contributed by atoms with E-state index in [9.17, 15) is 9.59 Å². The van der Waals surface area contributed by atoms with Crippen molar-refractivity contribution in [2.45, 2.75) is 19.4 Å². The van der Waals surface area contributed by atoms with Crippen LogP contribution >= 0.6 is 0 Å². The highest BCUT2D eigenvalue weighted by atomic mass is 16.5. The van der Waals surface area contributed by atoms with E-state index >= 15 is 0 Å². The number of hydrazone groups is 1. The number of para-hydroxylation sites is 1. The quantitative estimate of drug-likeness (QED) is 0.888. The number of benzene rings is 1. The molecule has 0 saturated heterocycles. The fraction of sp³-hybridized carbons (Fsp3) is 0.357. The highest BCUT2D eigenvalue weighted by molar-refractivity contribution is 6.39. The van der Waals surface area contributed by atoms with Gasteiger partial charge in [0.1, 0.15) is 11.5 Å². The van der Waals surface area contributed by atoms with Crippen LogP contribution in [0.3, 0.4) is 0 Å². The van der Waals surface area contributed by atoms with Crippen molar-refractivity contribution in [2.75, 3.05) is 14.2 Å². The van der Waals surface area contributed by atoms with E-state index in [0.717, 1.165) is 11.3 Å². The summed E-state index contributed by atoms with van der Waals surface area (Å²) >= 11 is 0. The van der Waals surface area contributed by atoms with Gasteiger partial charge in [-0.1, -0.05) is 18.2 Å². The molecule has 1 aliphatic rings. The Bertz CT molecular complexity index is 554. The van der Waals surface area contributed by atoms with Gasteiger partial charge in [0, 0.05) is 32.0 Å². The molecule has 0 bridgehead atoms. The molecule has 1 aromatic rings. The second-order valence-electron chi connectivity index (χ2n) is 4.46. The van der Waals surface area contributed by atoms with E-state index in [1.165, 1.54) is 5.01 Å². The zero-order valence-corrected chi connectivity index (χ0v) is 11.5. The second-order valence-corrected chi connectivity index (χ2v) is 4.46. The van der Waals surface area contributed by atoms with Gasteiger partial charge in [-0.3, -0.25) is 9.59 Å². The molecule has 0 spiro atoms. The summed E-state index contributed by atoms with van der Waals surface area (Å²) < 4.78 is 5.22. The first kappa shape index (κ1) is 14.0. The van der Waals surface area contributed by atoms with Crippen LogP contribution in [0.5, 0.6) is 5.75 Å². The lowest BCUT2D eigenvalue weighted by Crippen LogP contribution is -2.37. The van der Waals surface area contributed by atoms with Crippen molar-refractivity contribution in [1.82, 2.24) is 10.3 Å². The summed E-state index contributed by atoms with van der Waals surface area (Å²) in [5, 5.41) is 7.98. The Morgan fingerprint density at radius 2 is 2.15 bits per heavy atom. The first-order valence-corrected chi connectivity index (χ1v) is 6.36. The van der Waals surface area contributed by atoms with Gasteiger partial charge in [0.05, 0.1) is 7.11 Å². The summed E-state index contributed by atoms with van der Waals surface area (Å²) in [6.07, 6.45) is 0.693. The molecular weight excluding hydrogens is 258 g/mol. The van der Waals surface area contributed by atoms with E-state index < -0.39 is 0 Å². The van der Waals surface area contributed by atoms with Gasteiger partial charge in [-0.05, 0) is 6.07 Å². The molecule has 0 aliphatic carbocycles. The third-order valence-electron chi connectivity index (χ3n) is 3.10. The minimum atomic E-state index is -0.254. The fourth-order valence-electron chi connectivity index (χ4n) is 1.96. The van der Waals surface area contributed by atoms with Gasteiger partial charge in [-0.25, -0.2) is 5.01 Å². The molecule has 20 heavy (non-hydrogen) atoms. The van der Waals surface area contributed by atoms with E-state index in [1.54, 1.807) is 14.2 Å². The lowest BCUT2D eigenvalue weighted by Gasteiger charge is -2.19. The van der Waals surface area contributed by atoms with Crippen molar-refractivity contribution in [2.24, 2.45) is 5.10 Å². The zero-order chi connectivity index (χ0) is 14.5. The lowest BCUT2D eigenvalue weighted by molar-refractivity contribution is -0.130. The van der Waals surface area contributed by atoms with Gasteiger partial charge in [0.25, 0.3) is 5.91 Å². The number of hydrogen-bond donors (Lipinski definition) is 1. The van der Waals surface area contributed by atoms with Gasteiger partial charge in [-0.2, -0.15) is 5.10 Å². The Labute approximate surface area is 117 Å². The summed E-state index contributed by atoms with van der Waals surface area (Å²) in [5.74, 6) is 0.396. The minimum Gasteiger partial charge on any atom is -0.496 e. The number of rotatable bonds is 4. The monoisotopic (exact) mass is 275 g/mol. The molecule has 2 rings (SSSR count). The number of nitrogens with one attached hydrogen (secondary N) is 1. The smallest absolute Gasteiger partial charge is 0.267 e. The predicted octanol–water partition coefficient (Wildman–Crippen LogP) is 0.920. The molecule has 106 valence electrons. The highest BCUT2D eigenvalue weighted by Gasteiger charge is 2.21. The molecule has 1 heterocycles. The molecular formula is C14H17N3O3. The normalized spacial score (nSPS) is 14.8. The number of nitrogens with zero attached hydrogens (tertiary/aromatic N) is 2. The second kappa shape index (κ2) is 6.18. The first-order chi connectivity index (χ1) is 9.61.